The highest BCUT2D eigenvalue weighted by molar-refractivity contribution is 6.04. The molecule has 0 bridgehead atoms. The maximum Gasteiger partial charge on any atom is 0.255 e. The van der Waals surface area contributed by atoms with Gasteiger partial charge in [-0.25, -0.2) is 9.97 Å². The highest BCUT2D eigenvalue weighted by atomic mass is 16.3. The summed E-state index contributed by atoms with van der Waals surface area (Å²) in [7, 11) is 0. The molecule has 28 heavy (non-hydrogen) atoms. The van der Waals surface area contributed by atoms with Gasteiger partial charge in [-0.05, 0) is 32.8 Å². The standard InChI is InChI=1S/C19H26N6O3/c1-4-16(27)25-6-5-13(7-12(25)3)23-15-9-21-18-17(24-15)14(8-20-18)19(28)22-11(2)10-26/h4,8-9,11-13,26H,1,5-7,10H2,2-3H3,(H,20,21)(H,22,28)(H,23,24)/t11-,12+,13+/m0/s1. The molecule has 3 rings (SSSR count). The molecule has 0 radical (unpaired) electrons. The van der Waals surface area contributed by atoms with Crippen LogP contribution in [0.3, 0.4) is 0 Å². The number of carbonyl (C=O) groups is 2. The Balaban J connectivity index is 1.72. The summed E-state index contributed by atoms with van der Waals surface area (Å²) in [6, 6.07) is -0.0973. The highest BCUT2D eigenvalue weighted by Gasteiger charge is 2.28. The van der Waals surface area contributed by atoms with Crippen molar-refractivity contribution in [3.63, 3.8) is 0 Å². The summed E-state index contributed by atoms with van der Waals surface area (Å²) in [5.74, 6) is 0.216. The molecule has 1 aliphatic heterocycles. The maximum absolute atomic E-state index is 12.4. The molecule has 0 aromatic carbocycles. The van der Waals surface area contributed by atoms with Gasteiger partial charge in [0.25, 0.3) is 5.91 Å². The average molecular weight is 386 g/mol. The number of rotatable bonds is 6. The van der Waals surface area contributed by atoms with Gasteiger partial charge >= 0.3 is 0 Å². The third-order valence-corrected chi connectivity index (χ3v) is 4.96. The van der Waals surface area contributed by atoms with Crippen LogP contribution in [-0.2, 0) is 4.79 Å². The smallest absolute Gasteiger partial charge is 0.255 e. The van der Waals surface area contributed by atoms with E-state index in [0.29, 0.717) is 29.1 Å². The zero-order valence-electron chi connectivity index (χ0n) is 16.1. The van der Waals surface area contributed by atoms with Gasteiger partial charge in [-0.3, -0.25) is 9.59 Å². The molecule has 0 unspecified atom stereocenters. The van der Waals surface area contributed by atoms with E-state index in [1.54, 1.807) is 19.3 Å². The summed E-state index contributed by atoms with van der Waals surface area (Å²) >= 11 is 0. The second-order valence-corrected chi connectivity index (χ2v) is 7.16. The number of hydrogen-bond acceptors (Lipinski definition) is 6. The molecule has 9 nitrogen and oxygen atoms in total. The van der Waals surface area contributed by atoms with Gasteiger partial charge in [0.05, 0.1) is 18.4 Å². The summed E-state index contributed by atoms with van der Waals surface area (Å²) in [6.45, 7) is 7.79. The summed E-state index contributed by atoms with van der Waals surface area (Å²) < 4.78 is 0. The maximum atomic E-state index is 12.4. The molecule has 2 aromatic heterocycles. The molecule has 1 fully saturated rings. The fraction of sp³-hybridized carbons (Fsp3) is 0.474. The predicted molar refractivity (Wildman–Crippen MR) is 106 cm³/mol. The van der Waals surface area contributed by atoms with Gasteiger partial charge in [-0.1, -0.05) is 6.58 Å². The second kappa shape index (κ2) is 8.39. The lowest BCUT2D eigenvalue weighted by molar-refractivity contribution is -0.129. The van der Waals surface area contributed by atoms with E-state index in [4.69, 9.17) is 5.11 Å². The molecule has 4 N–H and O–H groups in total. The molecular formula is C19H26N6O3. The minimum absolute atomic E-state index is 0.0488. The molecule has 3 heterocycles. The number of aromatic amines is 1. The van der Waals surface area contributed by atoms with Crippen molar-refractivity contribution in [3.05, 3.63) is 30.6 Å². The zero-order valence-corrected chi connectivity index (χ0v) is 16.1. The van der Waals surface area contributed by atoms with Crippen molar-refractivity contribution in [1.82, 2.24) is 25.2 Å². The monoisotopic (exact) mass is 386 g/mol. The van der Waals surface area contributed by atoms with Crippen LogP contribution in [-0.4, -0.2) is 68.0 Å². The predicted octanol–water partition coefficient (Wildman–Crippen LogP) is 1.05. The number of aromatic nitrogens is 3. The number of hydrogen-bond donors (Lipinski definition) is 4. The van der Waals surface area contributed by atoms with Crippen molar-refractivity contribution in [2.45, 2.75) is 44.8 Å². The first-order valence-corrected chi connectivity index (χ1v) is 9.38. The lowest BCUT2D eigenvalue weighted by Gasteiger charge is -2.37. The normalized spacial score (nSPS) is 20.6. The van der Waals surface area contributed by atoms with Crippen molar-refractivity contribution in [1.29, 1.82) is 0 Å². The number of aliphatic hydroxyl groups is 1. The van der Waals surface area contributed by atoms with Crippen LogP contribution < -0.4 is 10.6 Å². The molecule has 1 aliphatic rings. The largest absolute Gasteiger partial charge is 0.394 e. The quantitative estimate of drug-likeness (QED) is 0.550. The number of anilines is 1. The van der Waals surface area contributed by atoms with Crippen molar-refractivity contribution < 1.29 is 14.7 Å². The van der Waals surface area contributed by atoms with E-state index < -0.39 is 0 Å². The van der Waals surface area contributed by atoms with E-state index in [1.165, 1.54) is 6.08 Å². The highest BCUT2D eigenvalue weighted by Crippen LogP contribution is 2.22. The van der Waals surface area contributed by atoms with Crippen LogP contribution in [0.15, 0.2) is 25.0 Å². The third kappa shape index (κ3) is 4.14. The van der Waals surface area contributed by atoms with Gasteiger partial charge < -0.3 is 25.6 Å². The first kappa shape index (κ1) is 19.8. The van der Waals surface area contributed by atoms with Crippen molar-refractivity contribution in [2.75, 3.05) is 18.5 Å². The van der Waals surface area contributed by atoms with E-state index in [0.717, 1.165) is 12.8 Å². The number of likely N-dealkylation sites (tertiary alicyclic amines) is 1. The minimum atomic E-state index is -0.350. The van der Waals surface area contributed by atoms with E-state index >= 15 is 0 Å². The summed E-state index contributed by atoms with van der Waals surface area (Å²) in [6.07, 6.45) is 6.11. The number of nitrogens with zero attached hydrogens (tertiary/aromatic N) is 3. The van der Waals surface area contributed by atoms with Gasteiger partial charge in [0.2, 0.25) is 5.91 Å². The van der Waals surface area contributed by atoms with E-state index in [9.17, 15) is 9.59 Å². The number of nitrogens with one attached hydrogen (secondary N) is 3. The van der Waals surface area contributed by atoms with Gasteiger partial charge in [0.1, 0.15) is 11.3 Å². The molecule has 0 spiro atoms. The number of aliphatic hydroxyl groups excluding tert-OH is 1. The molecule has 0 aliphatic carbocycles. The van der Waals surface area contributed by atoms with Crippen LogP contribution in [0.5, 0.6) is 0 Å². The molecule has 0 saturated carbocycles. The molecular weight excluding hydrogens is 360 g/mol. The Kier molecular flexibility index (Phi) is 5.93. The number of piperidine rings is 1. The number of amides is 2. The Labute approximate surface area is 163 Å². The zero-order chi connectivity index (χ0) is 20.3. The second-order valence-electron chi connectivity index (χ2n) is 7.16. The van der Waals surface area contributed by atoms with Crippen molar-refractivity contribution in [2.24, 2.45) is 0 Å². The van der Waals surface area contributed by atoms with Crippen LogP contribution in [0.1, 0.15) is 37.0 Å². The number of H-pyrrole nitrogens is 1. The molecule has 2 amide bonds. The fourth-order valence-electron chi connectivity index (χ4n) is 3.44. The molecule has 1 saturated heterocycles. The van der Waals surface area contributed by atoms with Crippen LogP contribution in [0.25, 0.3) is 11.2 Å². The lowest BCUT2D eigenvalue weighted by Crippen LogP contribution is -2.47. The summed E-state index contributed by atoms with van der Waals surface area (Å²) in [5.41, 5.74) is 1.37. The first-order chi connectivity index (χ1) is 13.4. The Morgan fingerprint density at radius 3 is 3.00 bits per heavy atom. The first-order valence-electron chi connectivity index (χ1n) is 9.38. The van der Waals surface area contributed by atoms with Gasteiger partial charge in [0, 0.05) is 30.9 Å². The van der Waals surface area contributed by atoms with Gasteiger partial charge in [-0.15, -0.1) is 0 Å². The Morgan fingerprint density at radius 1 is 1.54 bits per heavy atom. The van der Waals surface area contributed by atoms with Crippen LogP contribution >= 0.6 is 0 Å². The Hall–Kier alpha value is -2.94. The average Bonchev–Trinajstić information content (AvgIpc) is 3.10. The van der Waals surface area contributed by atoms with Crippen LogP contribution in [0.4, 0.5) is 5.82 Å². The van der Waals surface area contributed by atoms with Gasteiger partial charge in [-0.2, -0.15) is 0 Å². The summed E-state index contributed by atoms with van der Waals surface area (Å²) in [5, 5.41) is 15.2. The van der Waals surface area contributed by atoms with Crippen LogP contribution in [0.2, 0.25) is 0 Å². The molecule has 3 atom stereocenters. The van der Waals surface area contributed by atoms with Crippen molar-refractivity contribution >= 4 is 28.8 Å². The molecule has 150 valence electrons. The molecule has 2 aromatic rings. The Morgan fingerprint density at radius 2 is 2.32 bits per heavy atom. The van der Waals surface area contributed by atoms with E-state index in [2.05, 4.69) is 32.2 Å². The Bertz CT molecular complexity index is 880. The van der Waals surface area contributed by atoms with Gasteiger partial charge in [0.15, 0.2) is 5.65 Å². The lowest BCUT2D eigenvalue weighted by atomic mass is 9.98. The minimum Gasteiger partial charge on any atom is -0.394 e. The number of carbonyl (C=O) groups excluding carboxylic acids is 2. The topological polar surface area (TPSA) is 123 Å². The molecule has 9 heteroatoms. The third-order valence-electron chi connectivity index (χ3n) is 4.96. The number of fused-ring (bicyclic) bond motifs is 1. The van der Waals surface area contributed by atoms with Crippen LogP contribution in [0, 0.1) is 0 Å². The fourth-order valence-corrected chi connectivity index (χ4v) is 3.44. The summed E-state index contributed by atoms with van der Waals surface area (Å²) in [4.78, 5) is 37.9. The van der Waals surface area contributed by atoms with Crippen molar-refractivity contribution in [3.8, 4) is 0 Å². The van der Waals surface area contributed by atoms with E-state index in [1.807, 2.05) is 11.8 Å². The SMILES string of the molecule is C=CC(=O)N1CC[C@@H](Nc2cnc3[nH]cc(C(=O)N[C@@H](C)CO)c3n2)C[C@H]1C. The van der Waals surface area contributed by atoms with E-state index in [-0.39, 0.29) is 36.5 Å².